The zero-order valence-electron chi connectivity index (χ0n) is 16.7. The van der Waals surface area contributed by atoms with Gasteiger partial charge < -0.3 is 4.98 Å². The summed E-state index contributed by atoms with van der Waals surface area (Å²) in [4.78, 5) is 8.13. The lowest BCUT2D eigenvalue weighted by Crippen LogP contribution is -1.90. The summed E-state index contributed by atoms with van der Waals surface area (Å²) < 4.78 is 0. The molecule has 0 atom stereocenters. The molecule has 0 spiro atoms. The Morgan fingerprint density at radius 3 is 2.45 bits per heavy atom. The third-order valence-corrected chi connectivity index (χ3v) is 5.64. The molecule has 2 nitrogen and oxygen atoms in total. The van der Waals surface area contributed by atoms with Crippen molar-refractivity contribution in [2.45, 2.75) is 26.2 Å². The Morgan fingerprint density at radius 2 is 1.59 bits per heavy atom. The Hall–Kier alpha value is -3.39. The highest BCUT2D eigenvalue weighted by Gasteiger charge is 2.13. The average Bonchev–Trinajstić information content (AvgIpc) is 3.26. The molecule has 5 aromatic rings. The van der Waals surface area contributed by atoms with Gasteiger partial charge in [0, 0.05) is 17.5 Å². The largest absolute Gasteiger partial charge is 0.353 e. The van der Waals surface area contributed by atoms with E-state index in [2.05, 4.69) is 77.6 Å². The molecule has 0 saturated heterocycles. The van der Waals surface area contributed by atoms with Gasteiger partial charge in [-0.1, -0.05) is 61.9 Å². The van der Waals surface area contributed by atoms with Crippen LogP contribution in [0.15, 0.2) is 85.1 Å². The molecule has 0 amide bonds. The van der Waals surface area contributed by atoms with Gasteiger partial charge in [-0.3, -0.25) is 4.98 Å². The van der Waals surface area contributed by atoms with Crippen molar-refractivity contribution in [3.63, 3.8) is 0 Å². The standard InChI is InChI=1S/C27H24N2/c1-2-3-8-19-12-13-21-18-20-9-4-5-10-22(20)27(23(21)17-19)26-15-14-25(29-26)24-11-6-7-16-28-24/h4-7,9-18,29H,2-3,8H2,1H3. The molecule has 142 valence electrons. The molecule has 5 rings (SSSR count). The Balaban J connectivity index is 1.74. The van der Waals surface area contributed by atoms with Crippen molar-refractivity contribution in [1.29, 1.82) is 0 Å². The molecule has 2 aromatic heterocycles. The maximum atomic E-state index is 4.50. The normalized spacial score (nSPS) is 11.3. The number of fused-ring (bicyclic) bond motifs is 2. The van der Waals surface area contributed by atoms with E-state index < -0.39 is 0 Å². The van der Waals surface area contributed by atoms with E-state index in [0.717, 1.165) is 23.5 Å². The zero-order chi connectivity index (χ0) is 19.6. The van der Waals surface area contributed by atoms with Crippen molar-refractivity contribution in [2.24, 2.45) is 0 Å². The number of nitrogens with zero attached hydrogens (tertiary/aromatic N) is 1. The molecule has 0 aliphatic rings. The van der Waals surface area contributed by atoms with Crippen LogP contribution in [0.4, 0.5) is 0 Å². The summed E-state index contributed by atoms with van der Waals surface area (Å²) in [6, 6.07) is 28.2. The van der Waals surface area contributed by atoms with E-state index in [1.807, 2.05) is 24.4 Å². The number of H-pyrrole nitrogens is 1. The number of unbranched alkanes of at least 4 members (excludes halogenated alkanes) is 1. The minimum absolute atomic E-state index is 0.965. The van der Waals surface area contributed by atoms with Crippen molar-refractivity contribution in [3.05, 3.63) is 90.6 Å². The number of aromatic amines is 1. The number of aromatic nitrogens is 2. The van der Waals surface area contributed by atoms with Crippen LogP contribution >= 0.6 is 0 Å². The van der Waals surface area contributed by atoms with Gasteiger partial charge in [0.2, 0.25) is 0 Å². The van der Waals surface area contributed by atoms with Crippen molar-refractivity contribution >= 4 is 21.5 Å². The number of pyridine rings is 1. The lowest BCUT2D eigenvalue weighted by Gasteiger charge is -2.12. The van der Waals surface area contributed by atoms with Crippen molar-refractivity contribution in [2.75, 3.05) is 0 Å². The Kier molecular flexibility index (Phi) is 4.61. The number of rotatable bonds is 5. The van der Waals surface area contributed by atoms with E-state index in [0.29, 0.717) is 0 Å². The van der Waals surface area contributed by atoms with E-state index >= 15 is 0 Å². The fourth-order valence-corrected chi connectivity index (χ4v) is 4.15. The molecule has 0 aliphatic carbocycles. The second-order valence-corrected chi connectivity index (χ2v) is 7.63. The van der Waals surface area contributed by atoms with Crippen LogP contribution in [0.25, 0.3) is 44.2 Å². The Morgan fingerprint density at radius 1 is 0.759 bits per heavy atom. The molecule has 0 radical (unpaired) electrons. The predicted molar refractivity (Wildman–Crippen MR) is 123 cm³/mol. The van der Waals surface area contributed by atoms with Crippen molar-refractivity contribution < 1.29 is 0 Å². The van der Waals surface area contributed by atoms with Gasteiger partial charge in [-0.2, -0.15) is 0 Å². The van der Waals surface area contributed by atoms with Crippen LogP contribution in [0.1, 0.15) is 25.3 Å². The number of aryl methyl sites for hydroxylation is 1. The van der Waals surface area contributed by atoms with Crippen molar-refractivity contribution in [3.8, 4) is 22.6 Å². The first-order valence-electron chi connectivity index (χ1n) is 10.4. The van der Waals surface area contributed by atoms with Gasteiger partial charge in [0.1, 0.15) is 0 Å². The molecule has 0 fully saturated rings. The average molecular weight is 377 g/mol. The van der Waals surface area contributed by atoms with Crippen LogP contribution in [0.2, 0.25) is 0 Å². The van der Waals surface area contributed by atoms with Crippen LogP contribution in [0.5, 0.6) is 0 Å². The molecular formula is C27H24N2. The van der Waals surface area contributed by atoms with Gasteiger partial charge in [0.05, 0.1) is 11.4 Å². The second kappa shape index (κ2) is 7.56. The molecule has 2 heteroatoms. The number of hydrogen-bond acceptors (Lipinski definition) is 1. The van der Waals surface area contributed by atoms with Gasteiger partial charge in [-0.15, -0.1) is 0 Å². The Labute approximate surface area is 171 Å². The van der Waals surface area contributed by atoms with Crippen LogP contribution in [-0.4, -0.2) is 9.97 Å². The van der Waals surface area contributed by atoms with Gasteiger partial charge in [0.25, 0.3) is 0 Å². The van der Waals surface area contributed by atoms with Gasteiger partial charge >= 0.3 is 0 Å². The molecule has 3 aromatic carbocycles. The molecule has 0 saturated carbocycles. The van der Waals surface area contributed by atoms with Gasteiger partial charge in [-0.25, -0.2) is 0 Å². The van der Waals surface area contributed by atoms with Crippen LogP contribution in [-0.2, 0) is 6.42 Å². The highest BCUT2D eigenvalue weighted by molar-refractivity contribution is 6.12. The van der Waals surface area contributed by atoms with E-state index in [1.54, 1.807) is 0 Å². The SMILES string of the molecule is CCCCc1ccc2cc3ccccc3c(-c3ccc(-c4ccccn4)[nH]3)c2c1. The summed E-state index contributed by atoms with van der Waals surface area (Å²) in [5, 5.41) is 5.15. The first kappa shape index (κ1) is 17.7. The molecule has 0 aliphatic heterocycles. The fourth-order valence-electron chi connectivity index (χ4n) is 4.15. The first-order chi connectivity index (χ1) is 14.3. The monoisotopic (exact) mass is 376 g/mol. The van der Waals surface area contributed by atoms with Crippen molar-refractivity contribution in [1.82, 2.24) is 9.97 Å². The minimum atomic E-state index is 0.965. The highest BCUT2D eigenvalue weighted by Crippen LogP contribution is 2.37. The smallest absolute Gasteiger partial charge is 0.0864 e. The summed E-state index contributed by atoms with van der Waals surface area (Å²) >= 11 is 0. The highest BCUT2D eigenvalue weighted by atomic mass is 14.8. The van der Waals surface area contributed by atoms with Crippen LogP contribution in [0.3, 0.4) is 0 Å². The number of nitrogens with one attached hydrogen (secondary N) is 1. The molecule has 0 unspecified atom stereocenters. The topological polar surface area (TPSA) is 28.7 Å². The molecular weight excluding hydrogens is 352 g/mol. The summed E-state index contributed by atoms with van der Waals surface area (Å²) in [5.74, 6) is 0. The third-order valence-electron chi connectivity index (χ3n) is 5.64. The number of hydrogen-bond donors (Lipinski definition) is 1. The molecule has 0 bridgehead atoms. The first-order valence-corrected chi connectivity index (χ1v) is 10.4. The summed E-state index contributed by atoms with van der Waals surface area (Å²) in [7, 11) is 0. The van der Waals surface area contributed by atoms with Gasteiger partial charge in [0.15, 0.2) is 0 Å². The summed E-state index contributed by atoms with van der Waals surface area (Å²) in [6.45, 7) is 2.25. The summed E-state index contributed by atoms with van der Waals surface area (Å²) in [6.07, 6.45) is 5.40. The molecule has 29 heavy (non-hydrogen) atoms. The maximum Gasteiger partial charge on any atom is 0.0864 e. The van der Waals surface area contributed by atoms with E-state index in [9.17, 15) is 0 Å². The fraction of sp³-hybridized carbons (Fsp3) is 0.148. The number of benzene rings is 3. The molecule has 1 N–H and O–H groups in total. The van der Waals surface area contributed by atoms with Crippen LogP contribution in [0, 0.1) is 0 Å². The van der Waals surface area contributed by atoms with E-state index in [1.165, 1.54) is 45.5 Å². The predicted octanol–water partition coefficient (Wildman–Crippen LogP) is 7.39. The third kappa shape index (κ3) is 3.31. The molecule has 2 heterocycles. The lowest BCUT2D eigenvalue weighted by molar-refractivity contribution is 0.796. The van der Waals surface area contributed by atoms with E-state index in [-0.39, 0.29) is 0 Å². The van der Waals surface area contributed by atoms with Gasteiger partial charge in [-0.05, 0) is 70.3 Å². The lowest BCUT2D eigenvalue weighted by atomic mass is 9.93. The summed E-state index contributed by atoms with van der Waals surface area (Å²) in [5.41, 5.74) is 5.84. The minimum Gasteiger partial charge on any atom is -0.353 e. The zero-order valence-corrected chi connectivity index (χ0v) is 16.7. The second-order valence-electron chi connectivity index (χ2n) is 7.63. The Bertz CT molecular complexity index is 1280. The maximum absolute atomic E-state index is 4.50. The quantitative estimate of drug-likeness (QED) is 0.318. The van der Waals surface area contributed by atoms with E-state index in [4.69, 9.17) is 0 Å². The van der Waals surface area contributed by atoms with Crippen LogP contribution < -0.4 is 0 Å².